The lowest BCUT2D eigenvalue weighted by Gasteiger charge is -2.10. The zero-order valence-corrected chi connectivity index (χ0v) is 12.5. The Labute approximate surface area is 125 Å². The number of ether oxygens (including phenoxy) is 1. The summed E-state index contributed by atoms with van der Waals surface area (Å²) in [6, 6.07) is 1.96. The standard InChI is InChI=1S/C13H15N3O2S2/c17-11(14-6-9-2-1-4-18-9)7-20-13-12-10(3-5-19-12)15-8-16-13/h3,5,8-9H,1-2,4,6-7H2,(H,14,17)/t9-/m1/s1. The van der Waals surface area contributed by atoms with E-state index in [2.05, 4.69) is 15.3 Å². The molecule has 0 spiro atoms. The van der Waals surface area contributed by atoms with Crippen molar-refractivity contribution in [2.45, 2.75) is 24.0 Å². The van der Waals surface area contributed by atoms with Crippen molar-refractivity contribution in [3.63, 3.8) is 0 Å². The van der Waals surface area contributed by atoms with Crippen LogP contribution < -0.4 is 5.32 Å². The summed E-state index contributed by atoms with van der Waals surface area (Å²) in [5.41, 5.74) is 0.937. The second kappa shape index (κ2) is 6.51. The average Bonchev–Trinajstić information content (AvgIpc) is 3.13. The summed E-state index contributed by atoms with van der Waals surface area (Å²) in [5.74, 6) is 0.394. The molecule has 1 saturated heterocycles. The van der Waals surface area contributed by atoms with E-state index in [9.17, 15) is 4.79 Å². The molecule has 0 aromatic carbocycles. The summed E-state index contributed by atoms with van der Waals surface area (Å²) < 4.78 is 6.52. The first-order valence-electron chi connectivity index (χ1n) is 6.52. The van der Waals surface area contributed by atoms with Crippen LogP contribution in [-0.4, -0.2) is 40.9 Å². The maximum absolute atomic E-state index is 11.8. The SMILES string of the molecule is O=C(CSc1ncnc2ccsc12)NC[C@H]1CCCO1. The van der Waals surface area contributed by atoms with Crippen molar-refractivity contribution in [1.82, 2.24) is 15.3 Å². The lowest BCUT2D eigenvalue weighted by Crippen LogP contribution is -2.32. The van der Waals surface area contributed by atoms with E-state index < -0.39 is 0 Å². The maximum Gasteiger partial charge on any atom is 0.230 e. The molecule has 2 aromatic rings. The molecule has 1 atom stereocenters. The first-order chi connectivity index (χ1) is 9.83. The van der Waals surface area contributed by atoms with Crippen LogP contribution in [-0.2, 0) is 9.53 Å². The number of nitrogens with zero attached hydrogens (tertiary/aromatic N) is 2. The van der Waals surface area contributed by atoms with Crippen molar-refractivity contribution in [1.29, 1.82) is 0 Å². The van der Waals surface area contributed by atoms with Crippen LogP contribution >= 0.6 is 23.1 Å². The van der Waals surface area contributed by atoms with Crippen LogP contribution in [0.25, 0.3) is 10.2 Å². The van der Waals surface area contributed by atoms with Crippen molar-refractivity contribution in [3.05, 3.63) is 17.8 Å². The zero-order valence-electron chi connectivity index (χ0n) is 10.9. The molecule has 0 aliphatic carbocycles. The fraction of sp³-hybridized carbons (Fsp3) is 0.462. The third-order valence-corrected chi connectivity index (χ3v) is 5.13. The molecule has 1 amide bonds. The number of amides is 1. The summed E-state index contributed by atoms with van der Waals surface area (Å²) in [6.07, 6.45) is 3.86. The third-order valence-electron chi connectivity index (χ3n) is 3.10. The Kier molecular flexibility index (Phi) is 4.49. The van der Waals surface area contributed by atoms with Gasteiger partial charge in [-0.3, -0.25) is 4.79 Å². The van der Waals surface area contributed by atoms with Gasteiger partial charge in [0.15, 0.2) is 0 Å². The molecule has 3 heterocycles. The van der Waals surface area contributed by atoms with Crippen molar-refractivity contribution in [2.75, 3.05) is 18.9 Å². The van der Waals surface area contributed by atoms with Gasteiger partial charge in [0.05, 0.1) is 22.1 Å². The predicted molar refractivity (Wildman–Crippen MR) is 80.1 cm³/mol. The second-order valence-electron chi connectivity index (χ2n) is 4.54. The second-order valence-corrected chi connectivity index (χ2v) is 6.42. The van der Waals surface area contributed by atoms with Gasteiger partial charge in [-0.25, -0.2) is 9.97 Å². The zero-order chi connectivity index (χ0) is 13.8. The van der Waals surface area contributed by atoms with E-state index in [4.69, 9.17) is 4.74 Å². The number of thioether (sulfide) groups is 1. The minimum Gasteiger partial charge on any atom is -0.376 e. The molecular weight excluding hydrogens is 294 g/mol. The van der Waals surface area contributed by atoms with Gasteiger partial charge in [0.2, 0.25) is 5.91 Å². The molecule has 0 saturated carbocycles. The van der Waals surface area contributed by atoms with Crippen LogP contribution in [0.3, 0.4) is 0 Å². The normalized spacial score (nSPS) is 18.5. The number of carbonyl (C=O) groups is 1. The van der Waals surface area contributed by atoms with E-state index >= 15 is 0 Å². The Balaban J connectivity index is 1.51. The molecule has 2 aromatic heterocycles. The topological polar surface area (TPSA) is 64.1 Å². The van der Waals surface area contributed by atoms with Crippen LogP contribution in [0.5, 0.6) is 0 Å². The Morgan fingerprint density at radius 2 is 2.50 bits per heavy atom. The quantitative estimate of drug-likeness (QED) is 0.677. The average molecular weight is 309 g/mol. The fourth-order valence-corrected chi connectivity index (χ4v) is 3.86. The molecule has 20 heavy (non-hydrogen) atoms. The highest BCUT2D eigenvalue weighted by molar-refractivity contribution is 8.00. The minimum atomic E-state index is 0.0221. The van der Waals surface area contributed by atoms with E-state index in [1.165, 1.54) is 11.8 Å². The van der Waals surface area contributed by atoms with Crippen LogP contribution in [0.4, 0.5) is 0 Å². The van der Waals surface area contributed by atoms with Gasteiger partial charge < -0.3 is 10.1 Å². The van der Waals surface area contributed by atoms with E-state index in [1.54, 1.807) is 17.7 Å². The van der Waals surface area contributed by atoms with Crippen molar-refractivity contribution < 1.29 is 9.53 Å². The summed E-state index contributed by atoms with van der Waals surface area (Å²) in [5, 5.41) is 5.77. The first-order valence-corrected chi connectivity index (χ1v) is 8.39. The van der Waals surface area contributed by atoms with Gasteiger partial charge in [-0.2, -0.15) is 0 Å². The highest BCUT2D eigenvalue weighted by Crippen LogP contribution is 2.28. The number of hydrogen-bond donors (Lipinski definition) is 1. The smallest absolute Gasteiger partial charge is 0.230 e. The number of nitrogens with one attached hydrogen (secondary N) is 1. The minimum absolute atomic E-state index is 0.0221. The lowest BCUT2D eigenvalue weighted by atomic mass is 10.2. The number of fused-ring (bicyclic) bond motifs is 1. The number of carbonyl (C=O) groups excluding carboxylic acids is 1. The molecule has 1 aliphatic rings. The molecule has 106 valence electrons. The maximum atomic E-state index is 11.8. The molecule has 1 aliphatic heterocycles. The molecule has 0 bridgehead atoms. The largest absolute Gasteiger partial charge is 0.376 e. The van der Waals surface area contributed by atoms with Gasteiger partial charge in [0.25, 0.3) is 0 Å². The molecule has 1 fully saturated rings. The fourth-order valence-electron chi connectivity index (χ4n) is 2.09. The van der Waals surface area contributed by atoms with Crippen LogP contribution in [0.1, 0.15) is 12.8 Å². The summed E-state index contributed by atoms with van der Waals surface area (Å²) >= 11 is 3.05. The van der Waals surface area contributed by atoms with Crippen LogP contribution in [0.2, 0.25) is 0 Å². The molecule has 0 unspecified atom stereocenters. The lowest BCUT2D eigenvalue weighted by molar-refractivity contribution is -0.119. The number of hydrogen-bond acceptors (Lipinski definition) is 6. The number of rotatable bonds is 5. The third kappa shape index (κ3) is 3.28. The van der Waals surface area contributed by atoms with E-state index in [0.717, 1.165) is 34.7 Å². The Morgan fingerprint density at radius 3 is 3.35 bits per heavy atom. The molecule has 0 radical (unpaired) electrons. The number of thiophene rings is 1. The van der Waals surface area contributed by atoms with Gasteiger partial charge in [-0.15, -0.1) is 11.3 Å². The van der Waals surface area contributed by atoms with Crippen LogP contribution in [0, 0.1) is 0 Å². The van der Waals surface area contributed by atoms with Crippen molar-refractivity contribution in [3.8, 4) is 0 Å². The monoisotopic (exact) mass is 309 g/mol. The van der Waals surface area contributed by atoms with Crippen molar-refractivity contribution >= 4 is 39.2 Å². The van der Waals surface area contributed by atoms with Gasteiger partial charge in [0, 0.05) is 13.2 Å². The number of aromatic nitrogens is 2. The van der Waals surface area contributed by atoms with Gasteiger partial charge in [-0.05, 0) is 24.3 Å². The van der Waals surface area contributed by atoms with E-state index in [1.807, 2.05) is 11.4 Å². The highest BCUT2D eigenvalue weighted by atomic mass is 32.2. The summed E-state index contributed by atoms with van der Waals surface area (Å²) in [7, 11) is 0. The predicted octanol–water partition coefficient (Wildman–Crippen LogP) is 2.08. The van der Waals surface area contributed by atoms with Crippen molar-refractivity contribution in [2.24, 2.45) is 0 Å². The Bertz CT molecular complexity index is 596. The summed E-state index contributed by atoms with van der Waals surface area (Å²) in [4.78, 5) is 20.3. The highest BCUT2D eigenvalue weighted by Gasteiger charge is 2.16. The van der Waals surface area contributed by atoms with Gasteiger partial charge in [0.1, 0.15) is 11.4 Å². The molecule has 1 N–H and O–H groups in total. The van der Waals surface area contributed by atoms with E-state index in [0.29, 0.717) is 12.3 Å². The molecule has 7 heteroatoms. The molecule has 5 nitrogen and oxygen atoms in total. The van der Waals surface area contributed by atoms with Crippen LogP contribution in [0.15, 0.2) is 22.8 Å². The van der Waals surface area contributed by atoms with E-state index in [-0.39, 0.29) is 12.0 Å². The molecular formula is C13H15N3O2S2. The summed E-state index contributed by atoms with van der Waals surface area (Å²) in [6.45, 7) is 1.42. The van der Waals surface area contributed by atoms with Gasteiger partial charge >= 0.3 is 0 Å². The molecule has 3 rings (SSSR count). The Hall–Kier alpha value is -1.18. The Morgan fingerprint density at radius 1 is 1.55 bits per heavy atom. The van der Waals surface area contributed by atoms with Gasteiger partial charge in [-0.1, -0.05) is 11.8 Å². The first kappa shape index (κ1) is 13.8.